The second-order valence-electron chi connectivity index (χ2n) is 3.57. The molecule has 0 saturated carbocycles. The van der Waals surface area contributed by atoms with Gasteiger partial charge in [0.2, 0.25) is 0 Å². The van der Waals surface area contributed by atoms with Crippen LogP contribution in [-0.4, -0.2) is 5.91 Å². The van der Waals surface area contributed by atoms with Crippen LogP contribution < -0.4 is 10.3 Å². The molecule has 0 aromatic heterocycles. The lowest BCUT2D eigenvalue weighted by Gasteiger charge is -2.07. The van der Waals surface area contributed by atoms with Crippen LogP contribution >= 0.6 is 11.9 Å². The zero-order valence-electron chi connectivity index (χ0n) is 9.69. The van der Waals surface area contributed by atoms with Gasteiger partial charge in [0.25, 0.3) is 5.91 Å². The van der Waals surface area contributed by atoms with E-state index in [0.29, 0.717) is 0 Å². The third-order valence-corrected chi connectivity index (χ3v) is 2.98. The molecule has 0 unspecified atom stereocenters. The van der Waals surface area contributed by atoms with Crippen LogP contribution in [0, 0.1) is 11.6 Å². The number of carbonyl (C=O) groups excluding carboxylic acids is 1. The van der Waals surface area contributed by atoms with Crippen LogP contribution in [0.2, 0.25) is 0 Å². The lowest BCUT2D eigenvalue weighted by atomic mass is 10.2. The highest BCUT2D eigenvalue weighted by molar-refractivity contribution is 7.97. The molecule has 0 heterocycles. The molecule has 0 aliphatic rings. The fourth-order valence-corrected chi connectivity index (χ4v) is 1.95. The van der Waals surface area contributed by atoms with E-state index in [1.807, 2.05) is 30.3 Å². The third kappa shape index (κ3) is 3.52. The summed E-state index contributed by atoms with van der Waals surface area (Å²) in [7, 11) is 0. The largest absolute Gasteiger partial charge is 0.277 e. The van der Waals surface area contributed by atoms with Gasteiger partial charge >= 0.3 is 0 Å². The number of nitrogens with one attached hydrogen (secondary N) is 2. The van der Waals surface area contributed by atoms with Gasteiger partial charge in [-0.25, -0.2) is 8.78 Å². The van der Waals surface area contributed by atoms with E-state index in [1.54, 1.807) is 0 Å². The first-order valence-electron chi connectivity index (χ1n) is 5.40. The van der Waals surface area contributed by atoms with Crippen LogP contribution in [0.25, 0.3) is 0 Å². The van der Waals surface area contributed by atoms with Crippen molar-refractivity contribution in [1.29, 1.82) is 0 Å². The van der Waals surface area contributed by atoms with E-state index in [0.717, 1.165) is 29.0 Å². The van der Waals surface area contributed by atoms with Crippen molar-refractivity contribution in [2.75, 3.05) is 0 Å². The summed E-state index contributed by atoms with van der Waals surface area (Å²) < 4.78 is 26.6. The van der Waals surface area contributed by atoms with Crippen LogP contribution in [0.15, 0.2) is 53.4 Å². The molecule has 2 rings (SSSR count). The van der Waals surface area contributed by atoms with Gasteiger partial charge in [-0.2, -0.15) is 4.83 Å². The summed E-state index contributed by atoms with van der Waals surface area (Å²) in [5.74, 6) is -2.66. The van der Waals surface area contributed by atoms with E-state index in [2.05, 4.69) is 10.3 Å². The summed E-state index contributed by atoms with van der Waals surface area (Å²) in [6.07, 6.45) is 0. The number of amides is 1. The highest BCUT2D eigenvalue weighted by Gasteiger charge is 2.16. The molecule has 1 amide bonds. The predicted molar refractivity (Wildman–Crippen MR) is 69.3 cm³/mol. The molecular weight excluding hydrogens is 270 g/mol. The fourth-order valence-electron chi connectivity index (χ4n) is 1.40. The first-order chi connectivity index (χ1) is 9.18. The number of hydrogen-bond acceptors (Lipinski definition) is 3. The number of hydrazine groups is 1. The minimum atomic E-state index is -0.899. The van der Waals surface area contributed by atoms with E-state index in [4.69, 9.17) is 0 Å². The molecular formula is C13H10F2N2OS. The van der Waals surface area contributed by atoms with Crippen LogP contribution in [0.3, 0.4) is 0 Å². The van der Waals surface area contributed by atoms with Crippen molar-refractivity contribution in [3.05, 3.63) is 65.7 Å². The van der Waals surface area contributed by atoms with Gasteiger partial charge in [0.15, 0.2) is 0 Å². The van der Waals surface area contributed by atoms with Crippen molar-refractivity contribution in [2.45, 2.75) is 4.90 Å². The Hall–Kier alpha value is -1.92. The van der Waals surface area contributed by atoms with Crippen molar-refractivity contribution in [2.24, 2.45) is 0 Å². The quantitative estimate of drug-likeness (QED) is 0.668. The molecule has 0 saturated heterocycles. The van der Waals surface area contributed by atoms with Gasteiger partial charge in [0, 0.05) is 4.90 Å². The summed E-state index contributed by atoms with van der Waals surface area (Å²) in [4.78, 5) is 15.0. The van der Waals surface area contributed by atoms with Gasteiger partial charge < -0.3 is 0 Å². The Morgan fingerprint density at radius 3 is 2.21 bits per heavy atom. The zero-order valence-corrected chi connectivity index (χ0v) is 10.5. The molecule has 2 N–H and O–H groups in total. The average Bonchev–Trinajstić information content (AvgIpc) is 2.40. The van der Waals surface area contributed by atoms with Crippen molar-refractivity contribution in [1.82, 2.24) is 10.3 Å². The van der Waals surface area contributed by atoms with E-state index in [-0.39, 0.29) is 0 Å². The summed E-state index contributed by atoms with van der Waals surface area (Å²) in [6, 6.07) is 12.4. The smallest absolute Gasteiger partial charge is 0.272 e. The van der Waals surface area contributed by atoms with Gasteiger partial charge in [0.1, 0.15) is 17.2 Å². The van der Waals surface area contributed by atoms with Gasteiger partial charge in [-0.15, -0.1) is 0 Å². The maximum Gasteiger partial charge on any atom is 0.272 e. The van der Waals surface area contributed by atoms with Gasteiger partial charge in [-0.05, 0) is 36.2 Å². The van der Waals surface area contributed by atoms with Crippen LogP contribution in [0.1, 0.15) is 10.4 Å². The normalized spacial score (nSPS) is 10.2. The molecule has 3 nitrogen and oxygen atoms in total. The summed E-state index contributed by atoms with van der Waals surface area (Å²) in [5, 5.41) is 0. The number of benzene rings is 2. The van der Waals surface area contributed by atoms with Gasteiger partial charge in [-0.1, -0.05) is 24.3 Å². The van der Waals surface area contributed by atoms with Crippen molar-refractivity contribution in [3.63, 3.8) is 0 Å². The SMILES string of the molecule is O=C(NNSc1ccccc1)c1c(F)cccc1F. The first kappa shape index (κ1) is 13.5. The van der Waals surface area contributed by atoms with E-state index in [9.17, 15) is 13.6 Å². The Bertz CT molecular complexity index is 558. The molecule has 0 bridgehead atoms. The third-order valence-electron chi connectivity index (χ3n) is 2.27. The topological polar surface area (TPSA) is 41.1 Å². The Balaban J connectivity index is 1.95. The summed E-state index contributed by atoms with van der Waals surface area (Å²) in [5.41, 5.74) is 1.62. The molecule has 0 atom stereocenters. The lowest BCUT2D eigenvalue weighted by Crippen LogP contribution is -2.33. The Morgan fingerprint density at radius 1 is 0.947 bits per heavy atom. The lowest BCUT2D eigenvalue weighted by molar-refractivity contribution is 0.0938. The predicted octanol–water partition coefficient (Wildman–Crippen LogP) is 2.91. The highest BCUT2D eigenvalue weighted by Crippen LogP contribution is 2.13. The molecule has 0 fully saturated rings. The van der Waals surface area contributed by atoms with E-state index < -0.39 is 23.1 Å². The molecule has 0 spiro atoms. The standard InChI is InChI=1S/C13H10F2N2OS/c14-10-7-4-8-11(15)12(10)13(18)16-17-19-9-5-2-1-3-6-9/h1-8,17H,(H,16,18). The number of halogens is 2. The maximum atomic E-state index is 13.3. The van der Waals surface area contributed by atoms with Crippen molar-refractivity contribution < 1.29 is 13.6 Å². The van der Waals surface area contributed by atoms with Crippen molar-refractivity contribution >= 4 is 17.9 Å². The average molecular weight is 280 g/mol. The highest BCUT2D eigenvalue weighted by atomic mass is 32.2. The van der Waals surface area contributed by atoms with Gasteiger partial charge in [-0.3, -0.25) is 10.2 Å². The molecule has 98 valence electrons. The van der Waals surface area contributed by atoms with Crippen LogP contribution in [0.5, 0.6) is 0 Å². The minimum absolute atomic E-state index is 0.608. The number of rotatable bonds is 4. The molecule has 2 aromatic carbocycles. The Morgan fingerprint density at radius 2 is 1.58 bits per heavy atom. The summed E-state index contributed by atoms with van der Waals surface area (Å²) in [6.45, 7) is 0. The molecule has 19 heavy (non-hydrogen) atoms. The van der Waals surface area contributed by atoms with E-state index in [1.165, 1.54) is 6.07 Å². The second-order valence-corrected chi connectivity index (χ2v) is 4.45. The fraction of sp³-hybridized carbons (Fsp3) is 0. The van der Waals surface area contributed by atoms with E-state index >= 15 is 0 Å². The van der Waals surface area contributed by atoms with Crippen LogP contribution in [0.4, 0.5) is 8.78 Å². The molecule has 0 aliphatic carbocycles. The second kappa shape index (κ2) is 6.31. The number of carbonyl (C=O) groups is 1. The van der Waals surface area contributed by atoms with Gasteiger partial charge in [0.05, 0.1) is 0 Å². The molecule has 0 radical (unpaired) electrons. The Labute approximate surface area is 113 Å². The zero-order chi connectivity index (χ0) is 13.7. The van der Waals surface area contributed by atoms with Crippen molar-refractivity contribution in [3.8, 4) is 0 Å². The Kier molecular flexibility index (Phi) is 4.48. The van der Waals surface area contributed by atoms with Crippen LogP contribution in [-0.2, 0) is 0 Å². The molecule has 6 heteroatoms. The monoisotopic (exact) mass is 280 g/mol. The molecule has 0 aliphatic heterocycles. The first-order valence-corrected chi connectivity index (χ1v) is 6.21. The number of hydrogen-bond donors (Lipinski definition) is 2. The maximum absolute atomic E-state index is 13.3. The molecule has 2 aromatic rings. The summed E-state index contributed by atoms with van der Waals surface area (Å²) >= 11 is 1.13. The minimum Gasteiger partial charge on any atom is -0.277 e.